The molecule has 4 saturated heterocycles. The summed E-state index contributed by atoms with van der Waals surface area (Å²) in [6.45, 7) is 1.92. The lowest BCUT2D eigenvalue weighted by molar-refractivity contribution is -0.234. The van der Waals surface area contributed by atoms with Crippen LogP contribution in [0.4, 0.5) is 0 Å². The first-order valence-electron chi connectivity index (χ1n) is 30.2. The molecule has 4 heterocycles. The number of aliphatic carboxylic acids is 2. The van der Waals surface area contributed by atoms with Crippen molar-refractivity contribution < 1.29 is 97.9 Å². The molecule has 494 valence electrons. The summed E-state index contributed by atoms with van der Waals surface area (Å²) in [6, 6.07) is 42.7. The van der Waals surface area contributed by atoms with E-state index in [1.165, 1.54) is 0 Å². The quantitative estimate of drug-likeness (QED) is 0.0359. The monoisotopic (exact) mass is 1310 g/mol. The first-order valence-corrected chi connectivity index (χ1v) is 30.9. The highest BCUT2D eigenvalue weighted by Gasteiger charge is 2.46. The zero-order chi connectivity index (χ0) is 65.8. The highest BCUT2D eigenvalue weighted by atomic mass is 35.5. The van der Waals surface area contributed by atoms with Crippen molar-refractivity contribution in [3.8, 4) is 11.5 Å². The summed E-state index contributed by atoms with van der Waals surface area (Å²) < 4.78 is 45.3. The Balaban J connectivity index is 0.000000212. The first kappa shape index (κ1) is 70.8. The van der Waals surface area contributed by atoms with Crippen LogP contribution in [0, 0.1) is 0 Å². The fraction of sp³-hybridized carbons (Fsp3) is 0.412. The molecule has 0 saturated carbocycles. The molecule has 92 heavy (non-hydrogen) atoms. The van der Waals surface area contributed by atoms with Gasteiger partial charge in [0.25, 0.3) is 0 Å². The van der Waals surface area contributed by atoms with Crippen LogP contribution in [0.2, 0.25) is 10.0 Å². The molecule has 0 spiro atoms. The Labute approximate surface area is 542 Å². The molecule has 0 unspecified atom stereocenters. The van der Waals surface area contributed by atoms with Gasteiger partial charge in [-0.3, -0.25) is 19.2 Å². The van der Waals surface area contributed by atoms with Crippen LogP contribution in [0.1, 0.15) is 82.4 Å². The Hall–Kier alpha value is -7.10. The van der Waals surface area contributed by atoms with Gasteiger partial charge in [0.15, 0.2) is 0 Å². The van der Waals surface area contributed by atoms with Gasteiger partial charge in [-0.15, -0.1) is 0 Å². The predicted octanol–water partition coefficient (Wildman–Crippen LogP) is 5.40. The number of rotatable bonds is 23. The summed E-state index contributed by atoms with van der Waals surface area (Å²) in [4.78, 5) is 44.3. The van der Waals surface area contributed by atoms with E-state index in [1.54, 1.807) is 36.4 Å². The van der Waals surface area contributed by atoms with E-state index in [4.69, 9.17) is 82.8 Å². The van der Waals surface area contributed by atoms with Gasteiger partial charge in [-0.05, 0) is 107 Å². The van der Waals surface area contributed by atoms with E-state index < -0.39 is 97.0 Å². The number of carboxylic acid groups (broad SMARTS) is 2. The molecule has 14 atom stereocenters. The topological polar surface area (TPSA) is 356 Å². The van der Waals surface area contributed by atoms with Gasteiger partial charge >= 0.3 is 23.9 Å². The highest BCUT2D eigenvalue weighted by molar-refractivity contribution is 6.31. The Bertz CT molecular complexity index is 3090. The maximum Gasteiger partial charge on any atom is 0.323 e. The van der Waals surface area contributed by atoms with E-state index in [0.29, 0.717) is 60.4 Å². The second-order valence-corrected chi connectivity index (χ2v) is 23.6. The Morgan fingerprint density at radius 2 is 0.848 bits per heavy atom. The van der Waals surface area contributed by atoms with Crippen molar-refractivity contribution in [3.05, 3.63) is 200 Å². The Kier molecular flexibility index (Phi) is 26.7. The second-order valence-electron chi connectivity index (χ2n) is 22.8. The highest BCUT2D eigenvalue weighted by Crippen LogP contribution is 2.37. The maximum absolute atomic E-state index is 12.5. The molecule has 4 fully saturated rings. The minimum absolute atomic E-state index is 0.0659. The van der Waals surface area contributed by atoms with E-state index in [-0.39, 0.29) is 51.1 Å². The molecule has 12 N–H and O–H groups in total. The van der Waals surface area contributed by atoms with Gasteiger partial charge in [0, 0.05) is 22.9 Å². The number of carbonyl (C=O) groups excluding carboxylic acids is 2. The zero-order valence-corrected chi connectivity index (χ0v) is 51.7. The van der Waals surface area contributed by atoms with Crippen molar-refractivity contribution in [2.75, 3.05) is 39.6 Å². The predicted molar refractivity (Wildman–Crippen MR) is 335 cm³/mol. The largest absolute Gasteiger partial charge is 0.488 e. The third-order valence-corrected chi connectivity index (χ3v) is 16.5. The number of hydrogen-bond acceptors (Lipinski definition) is 20. The second kappa shape index (κ2) is 34.7. The molecule has 0 aliphatic carbocycles. The fourth-order valence-corrected chi connectivity index (χ4v) is 11.0. The van der Waals surface area contributed by atoms with Crippen molar-refractivity contribution in [2.24, 2.45) is 11.5 Å². The average molecular weight is 1310 g/mol. The van der Waals surface area contributed by atoms with Crippen LogP contribution in [-0.4, -0.2) is 177 Å². The molecular formula is C68H78Cl2N2O20. The molecule has 0 bridgehead atoms. The molecular weight excluding hydrogens is 1240 g/mol. The number of hydrogen-bond donors (Lipinski definition) is 10. The fourth-order valence-electron chi connectivity index (χ4n) is 10.6. The van der Waals surface area contributed by atoms with Gasteiger partial charge < -0.3 is 90.2 Å². The lowest BCUT2D eigenvalue weighted by Gasteiger charge is -2.40. The summed E-state index contributed by atoms with van der Waals surface area (Å²) in [5.74, 6) is -1.93. The summed E-state index contributed by atoms with van der Waals surface area (Å²) in [5, 5.41) is 80.8. The van der Waals surface area contributed by atoms with Crippen molar-refractivity contribution in [2.45, 2.75) is 137 Å². The van der Waals surface area contributed by atoms with Crippen LogP contribution in [0.15, 0.2) is 146 Å². The molecule has 24 heteroatoms. The van der Waals surface area contributed by atoms with Crippen molar-refractivity contribution >= 4 is 47.1 Å². The van der Waals surface area contributed by atoms with Crippen LogP contribution in [0.25, 0.3) is 0 Å². The molecule has 0 amide bonds. The van der Waals surface area contributed by atoms with Crippen molar-refractivity contribution in [1.29, 1.82) is 0 Å². The van der Waals surface area contributed by atoms with E-state index >= 15 is 0 Å². The van der Waals surface area contributed by atoms with E-state index in [0.717, 1.165) is 57.7 Å². The van der Waals surface area contributed by atoms with Crippen LogP contribution in [0.3, 0.4) is 0 Å². The number of carboxylic acids is 2. The number of halogens is 2. The Morgan fingerprint density at radius 3 is 1.18 bits per heavy atom. The van der Waals surface area contributed by atoms with Gasteiger partial charge in [0.05, 0.1) is 39.3 Å². The molecule has 0 aromatic heterocycles. The third kappa shape index (κ3) is 20.7. The van der Waals surface area contributed by atoms with E-state index in [2.05, 4.69) is 0 Å². The summed E-state index contributed by atoms with van der Waals surface area (Å²) >= 11 is 13.0. The van der Waals surface area contributed by atoms with Gasteiger partial charge in [-0.1, -0.05) is 132 Å². The van der Waals surface area contributed by atoms with E-state index in [1.807, 2.05) is 109 Å². The lowest BCUT2D eigenvalue weighted by Crippen LogP contribution is -2.55. The van der Waals surface area contributed by atoms with Gasteiger partial charge in [0.2, 0.25) is 0 Å². The average Bonchev–Trinajstić information content (AvgIpc) is 0.902. The van der Waals surface area contributed by atoms with Crippen LogP contribution in [-0.2, 0) is 73.3 Å². The number of esters is 2. The summed E-state index contributed by atoms with van der Waals surface area (Å²) in [5.41, 5.74) is 18.5. The molecule has 6 aromatic rings. The molecule has 22 nitrogen and oxygen atoms in total. The Morgan fingerprint density at radius 1 is 0.478 bits per heavy atom. The van der Waals surface area contributed by atoms with Crippen LogP contribution >= 0.6 is 23.2 Å². The molecule has 10 rings (SSSR count). The van der Waals surface area contributed by atoms with Gasteiger partial charge in [-0.25, -0.2) is 0 Å². The maximum atomic E-state index is 12.5. The van der Waals surface area contributed by atoms with Crippen molar-refractivity contribution in [1.82, 2.24) is 0 Å². The SMILES string of the molecule is N[C@@H](Cc1ccccc1)C(=O)OC[C@H]1O[C@@H](c2ccc(Cl)c(Cc3ccc(O[C@H]4CCOC4)cc3)c2)[C@H](O)[C@@H](O)[C@@H]1O.N[C@@H](Cc1ccccc1)C(=O)OC[C@H]1O[C@@H](c2ccc(Cl)c(Cc3ccc(O[C@H]4CCOC4)cc3)c2)[C@H](O)[C@@H](O)[C@@H]1O.O=C(O)CCC(=O)O. The van der Waals surface area contributed by atoms with Crippen molar-refractivity contribution in [3.63, 3.8) is 0 Å². The third-order valence-electron chi connectivity index (χ3n) is 15.8. The number of aliphatic hydroxyl groups is 6. The van der Waals surface area contributed by atoms with Crippen LogP contribution in [0.5, 0.6) is 11.5 Å². The standard InChI is InChI=1S/2C32H36ClNO8.C4H6O4/c2*33-25-11-8-21(16-22(25)14-20-6-9-23(10-7-20)41-24-12-13-39-17-24)31-30(37)29(36)28(35)27(42-31)18-40-32(38)26(34)15-19-4-2-1-3-5-19;5-3(6)1-2-4(7)8/h2*1-11,16,24,26-31,35-37H,12-15,17-18,34H2;1-2H2,(H,5,6)(H,7,8)/t2*24-,26-,27+,28+,29-,30+,31-;/m00./s1. The van der Waals surface area contributed by atoms with Gasteiger partial charge in [-0.2, -0.15) is 0 Å². The van der Waals surface area contributed by atoms with Crippen LogP contribution < -0.4 is 20.9 Å². The first-order chi connectivity index (χ1) is 44.2. The summed E-state index contributed by atoms with van der Waals surface area (Å²) in [7, 11) is 0. The number of aliphatic hydroxyl groups excluding tert-OH is 6. The molecule has 4 aliphatic rings. The normalized spacial score (nSPS) is 24.9. The number of benzene rings is 6. The van der Waals surface area contributed by atoms with Gasteiger partial charge in [0.1, 0.15) is 110 Å². The zero-order valence-electron chi connectivity index (χ0n) is 50.2. The number of nitrogens with two attached hydrogens (primary N) is 2. The molecule has 4 aliphatic heterocycles. The smallest absolute Gasteiger partial charge is 0.323 e. The molecule has 0 radical (unpaired) electrons. The number of carbonyl (C=O) groups is 4. The minimum Gasteiger partial charge on any atom is -0.488 e. The van der Waals surface area contributed by atoms with E-state index in [9.17, 15) is 49.8 Å². The summed E-state index contributed by atoms with van der Waals surface area (Å²) in [6.07, 6.45) is -10.1. The lowest BCUT2D eigenvalue weighted by atomic mass is 9.90. The molecule has 6 aromatic carbocycles. The number of ether oxygens (including phenoxy) is 8. The minimum atomic E-state index is -1.53.